The van der Waals surface area contributed by atoms with Gasteiger partial charge in [0, 0.05) is 20.3 Å². The Hall–Kier alpha value is -2.52. The highest BCUT2D eigenvalue weighted by Gasteiger charge is 2.53. The molecule has 0 aromatic heterocycles. The maximum absolute atomic E-state index is 12.8. The van der Waals surface area contributed by atoms with Crippen LogP contribution in [0.1, 0.15) is 136 Å². The first-order valence-corrected chi connectivity index (χ1v) is 21.0. The molecule has 18 nitrogen and oxygen atoms in total. The lowest BCUT2D eigenvalue weighted by Gasteiger charge is -2.46. The molecule has 0 unspecified atom stereocenters. The monoisotopic (exact) mass is 838 g/mol. The summed E-state index contributed by atoms with van der Waals surface area (Å²) in [5, 5.41) is 73.1. The zero-order valence-corrected chi connectivity index (χ0v) is 34.4. The fourth-order valence-electron chi connectivity index (χ4n) is 6.85. The molecule has 2 saturated heterocycles. The molecule has 0 aromatic rings. The number of unbranched alkanes of at least 4 members (excludes halogenated alkanes) is 12. The minimum absolute atomic E-state index is 0.00885. The molecule has 12 atom stereocenters. The molecule has 2 rings (SSSR count). The summed E-state index contributed by atoms with van der Waals surface area (Å²) in [5.74, 6) is -3.09. The van der Waals surface area contributed by atoms with Gasteiger partial charge in [-0.3, -0.25) is 19.2 Å². The van der Waals surface area contributed by atoms with Gasteiger partial charge < -0.3 is 68.9 Å². The summed E-state index contributed by atoms with van der Waals surface area (Å²) >= 11 is 0. The van der Waals surface area contributed by atoms with Gasteiger partial charge in [0.05, 0.1) is 25.2 Å². The SMILES string of the molecule is CCCCCCCC(=O)O[C@H]1[C@H](O[C@H]2[C@H](O)[C@@H](O)[C@H](OC[C@@H](O)CCCCCCCCCCC[C@H](O)CC(=O)O)O[C@@H]2COC(C)=O)O[C@H](COC(C)=O)[C@@H](O)[C@@H]1O. The van der Waals surface area contributed by atoms with E-state index in [0.717, 1.165) is 97.3 Å². The lowest BCUT2D eigenvalue weighted by molar-refractivity contribution is -0.361. The first-order chi connectivity index (χ1) is 27.6. The molecule has 0 bridgehead atoms. The number of aliphatic hydroxyl groups excluding tert-OH is 6. The van der Waals surface area contributed by atoms with Crippen LogP contribution in [0, 0.1) is 0 Å². The summed E-state index contributed by atoms with van der Waals surface area (Å²) in [6, 6.07) is 0. The number of esters is 3. The summed E-state index contributed by atoms with van der Waals surface area (Å²) in [6.07, 6.45) is -4.29. The second-order valence-electron chi connectivity index (χ2n) is 15.4. The zero-order valence-electron chi connectivity index (χ0n) is 34.4. The van der Waals surface area contributed by atoms with E-state index in [1.54, 1.807) is 0 Å². The van der Waals surface area contributed by atoms with Crippen LogP contribution < -0.4 is 0 Å². The Kier molecular flexibility index (Phi) is 25.7. The van der Waals surface area contributed by atoms with E-state index in [1.807, 2.05) is 0 Å². The second-order valence-corrected chi connectivity index (χ2v) is 15.4. The quantitative estimate of drug-likeness (QED) is 0.0310. The highest BCUT2D eigenvalue weighted by molar-refractivity contribution is 5.69. The van der Waals surface area contributed by atoms with Crippen molar-refractivity contribution in [3.05, 3.63) is 0 Å². The average molecular weight is 839 g/mol. The third-order valence-electron chi connectivity index (χ3n) is 10.2. The van der Waals surface area contributed by atoms with Gasteiger partial charge in [0.2, 0.25) is 0 Å². The van der Waals surface area contributed by atoms with Crippen LogP contribution in [0.25, 0.3) is 0 Å². The fourth-order valence-corrected chi connectivity index (χ4v) is 6.85. The molecule has 2 heterocycles. The number of carbonyl (C=O) groups is 4. The number of ether oxygens (including phenoxy) is 7. The Balaban J connectivity index is 1.94. The van der Waals surface area contributed by atoms with E-state index >= 15 is 0 Å². The first kappa shape index (κ1) is 51.6. The Labute approximate surface area is 341 Å². The van der Waals surface area contributed by atoms with Gasteiger partial charge in [-0.25, -0.2) is 0 Å². The molecule has 0 radical (unpaired) electrons. The number of rotatable bonds is 30. The van der Waals surface area contributed by atoms with Gasteiger partial charge in [0.25, 0.3) is 0 Å². The highest BCUT2D eigenvalue weighted by atomic mass is 16.8. The van der Waals surface area contributed by atoms with E-state index in [-0.39, 0.29) is 19.4 Å². The van der Waals surface area contributed by atoms with E-state index in [1.165, 1.54) is 0 Å². The smallest absolute Gasteiger partial charge is 0.306 e. The lowest BCUT2D eigenvalue weighted by Crippen LogP contribution is -2.65. The molecule has 2 aliphatic heterocycles. The number of carboxylic acid groups (broad SMARTS) is 1. The molecule has 0 aromatic carbocycles. The number of aliphatic carboxylic acids is 1. The van der Waals surface area contributed by atoms with Crippen LogP contribution in [0.2, 0.25) is 0 Å². The van der Waals surface area contributed by atoms with E-state index in [9.17, 15) is 49.8 Å². The van der Waals surface area contributed by atoms with Crippen LogP contribution in [0.15, 0.2) is 0 Å². The third-order valence-corrected chi connectivity index (χ3v) is 10.2. The molecule has 18 heteroatoms. The van der Waals surface area contributed by atoms with Gasteiger partial charge in [-0.05, 0) is 19.3 Å². The van der Waals surface area contributed by atoms with Crippen molar-refractivity contribution in [3.8, 4) is 0 Å². The van der Waals surface area contributed by atoms with Crippen molar-refractivity contribution >= 4 is 23.9 Å². The van der Waals surface area contributed by atoms with Crippen LogP contribution >= 0.6 is 0 Å². The van der Waals surface area contributed by atoms with E-state index in [0.29, 0.717) is 19.3 Å². The van der Waals surface area contributed by atoms with Gasteiger partial charge in [0.15, 0.2) is 18.7 Å². The molecule has 2 fully saturated rings. The maximum Gasteiger partial charge on any atom is 0.306 e. The Morgan fingerprint density at radius 1 is 0.603 bits per heavy atom. The van der Waals surface area contributed by atoms with Crippen LogP contribution in [0.3, 0.4) is 0 Å². The molecule has 338 valence electrons. The Morgan fingerprint density at radius 3 is 1.67 bits per heavy atom. The van der Waals surface area contributed by atoms with Gasteiger partial charge in [-0.1, -0.05) is 90.4 Å². The highest BCUT2D eigenvalue weighted by Crippen LogP contribution is 2.32. The van der Waals surface area contributed by atoms with Crippen LogP contribution in [0.4, 0.5) is 0 Å². The summed E-state index contributed by atoms with van der Waals surface area (Å²) < 4.78 is 39.1. The van der Waals surface area contributed by atoms with E-state index in [2.05, 4.69) is 6.92 Å². The second kappa shape index (κ2) is 28.9. The summed E-state index contributed by atoms with van der Waals surface area (Å²) in [5.41, 5.74) is 0. The predicted molar refractivity (Wildman–Crippen MR) is 204 cm³/mol. The van der Waals surface area contributed by atoms with Crippen LogP contribution in [-0.4, -0.2) is 153 Å². The van der Waals surface area contributed by atoms with Crippen molar-refractivity contribution in [3.63, 3.8) is 0 Å². The minimum Gasteiger partial charge on any atom is -0.481 e. The van der Waals surface area contributed by atoms with Crippen molar-refractivity contribution in [1.29, 1.82) is 0 Å². The summed E-state index contributed by atoms with van der Waals surface area (Å²) in [7, 11) is 0. The largest absolute Gasteiger partial charge is 0.481 e. The van der Waals surface area contributed by atoms with Gasteiger partial charge in [0.1, 0.15) is 55.9 Å². The molecule has 0 amide bonds. The van der Waals surface area contributed by atoms with Crippen LogP contribution in [-0.2, 0) is 52.3 Å². The van der Waals surface area contributed by atoms with Crippen molar-refractivity contribution in [2.45, 2.75) is 210 Å². The van der Waals surface area contributed by atoms with Crippen molar-refractivity contribution < 1.29 is 88.1 Å². The standard InChI is InChI=1S/C40H70O18/c1-4-5-6-12-17-20-32(47)57-38-34(49)33(48)29(23-52-25(2)41)55-40(38)58-37-30(24-53-26(3)42)56-39(36(51)35(37)50)54-22-28(44)19-16-14-11-9-7-8-10-13-15-18-27(43)21-31(45)46/h27-30,33-40,43-44,48-51H,4-24H2,1-3H3,(H,45,46)/t27-,28-,29+,30+,33+,34-,35+,36+,37+,38+,39+,40-/m0/s1. The number of aliphatic hydroxyl groups is 6. The lowest BCUT2D eigenvalue weighted by atomic mass is 9.96. The molecule has 0 spiro atoms. The van der Waals surface area contributed by atoms with Crippen molar-refractivity contribution in [1.82, 2.24) is 0 Å². The summed E-state index contributed by atoms with van der Waals surface area (Å²) in [4.78, 5) is 46.7. The minimum atomic E-state index is -1.78. The van der Waals surface area contributed by atoms with Crippen molar-refractivity contribution in [2.75, 3.05) is 19.8 Å². The molecule has 0 aliphatic carbocycles. The topological polar surface area (TPSA) is 274 Å². The third kappa shape index (κ3) is 20.2. The molecular formula is C40H70O18. The van der Waals surface area contributed by atoms with E-state index in [4.69, 9.17) is 38.3 Å². The number of carbonyl (C=O) groups excluding carboxylic acids is 3. The average Bonchev–Trinajstić information content (AvgIpc) is 3.16. The number of hydrogen-bond donors (Lipinski definition) is 7. The molecule has 2 aliphatic rings. The van der Waals surface area contributed by atoms with E-state index < -0.39 is 111 Å². The summed E-state index contributed by atoms with van der Waals surface area (Å²) in [6.45, 7) is 3.11. The first-order valence-electron chi connectivity index (χ1n) is 21.0. The molecule has 7 N–H and O–H groups in total. The normalized spacial score (nSPS) is 28.4. The molecule has 58 heavy (non-hydrogen) atoms. The van der Waals surface area contributed by atoms with Gasteiger partial charge in [-0.15, -0.1) is 0 Å². The van der Waals surface area contributed by atoms with Gasteiger partial charge in [-0.2, -0.15) is 0 Å². The Bertz CT molecular complexity index is 1170. The predicted octanol–water partition coefficient (Wildman–Crippen LogP) is 2.17. The maximum atomic E-state index is 12.8. The van der Waals surface area contributed by atoms with Gasteiger partial charge >= 0.3 is 23.9 Å². The fraction of sp³-hybridized carbons (Fsp3) is 0.900. The molecule has 0 saturated carbocycles. The van der Waals surface area contributed by atoms with Crippen molar-refractivity contribution in [2.24, 2.45) is 0 Å². The number of hydrogen-bond acceptors (Lipinski definition) is 17. The molecular weight excluding hydrogens is 768 g/mol. The zero-order chi connectivity index (χ0) is 43.0. The Morgan fingerprint density at radius 2 is 1.10 bits per heavy atom. The van der Waals surface area contributed by atoms with Crippen LogP contribution in [0.5, 0.6) is 0 Å². The number of carboxylic acids is 1.